The average Bonchev–Trinajstić information content (AvgIpc) is 2.46. The quantitative estimate of drug-likeness (QED) is 0.855. The van der Waals surface area contributed by atoms with Crippen LogP contribution in [0.3, 0.4) is 0 Å². The van der Waals surface area contributed by atoms with Crippen molar-refractivity contribution in [2.24, 2.45) is 5.92 Å². The van der Waals surface area contributed by atoms with Crippen molar-refractivity contribution in [1.29, 1.82) is 0 Å². The molecule has 1 aliphatic rings. The predicted octanol–water partition coefficient (Wildman–Crippen LogP) is 3.16. The van der Waals surface area contributed by atoms with Gasteiger partial charge in [-0.1, -0.05) is 19.1 Å². The SMILES string of the molecule is CCCOc1cccc(C2OCCCC2CNC)c1. The van der Waals surface area contributed by atoms with E-state index in [1.165, 1.54) is 12.0 Å². The van der Waals surface area contributed by atoms with Crippen molar-refractivity contribution < 1.29 is 9.47 Å². The number of hydrogen-bond donors (Lipinski definition) is 1. The number of hydrogen-bond acceptors (Lipinski definition) is 3. The van der Waals surface area contributed by atoms with Gasteiger partial charge in [0.2, 0.25) is 0 Å². The van der Waals surface area contributed by atoms with Crippen LogP contribution in [0.4, 0.5) is 0 Å². The smallest absolute Gasteiger partial charge is 0.119 e. The standard InChI is InChI=1S/C16H25NO2/c1-3-9-18-15-8-4-6-13(11-15)16-14(12-17-2)7-5-10-19-16/h4,6,8,11,14,16-17H,3,5,7,9-10,12H2,1-2H3. The molecule has 3 heteroatoms. The Morgan fingerprint density at radius 3 is 3.11 bits per heavy atom. The molecule has 1 saturated heterocycles. The van der Waals surface area contributed by atoms with Gasteiger partial charge in [0.25, 0.3) is 0 Å². The molecule has 19 heavy (non-hydrogen) atoms. The Morgan fingerprint density at radius 2 is 2.32 bits per heavy atom. The van der Waals surface area contributed by atoms with Crippen molar-refractivity contribution >= 4 is 0 Å². The second-order valence-corrected chi connectivity index (χ2v) is 5.17. The van der Waals surface area contributed by atoms with Crippen LogP contribution in [0.5, 0.6) is 5.75 Å². The number of ether oxygens (including phenoxy) is 2. The number of nitrogens with one attached hydrogen (secondary N) is 1. The second kappa shape index (κ2) is 7.51. The van der Waals surface area contributed by atoms with E-state index in [-0.39, 0.29) is 6.10 Å². The second-order valence-electron chi connectivity index (χ2n) is 5.17. The van der Waals surface area contributed by atoms with Crippen LogP contribution in [-0.2, 0) is 4.74 Å². The molecule has 1 aliphatic heterocycles. The molecule has 0 aromatic heterocycles. The summed E-state index contributed by atoms with van der Waals surface area (Å²) in [7, 11) is 2.01. The summed E-state index contributed by atoms with van der Waals surface area (Å²) in [5.41, 5.74) is 1.24. The van der Waals surface area contributed by atoms with Gasteiger partial charge in [-0.25, -0.2) is 0 Å². The van der Waals surface area contributed by atoms with E-state index in [1.54, 1.807) is 0 Å². The summed E-state index contributed by atoms with van der Waals surface area (Å²) in [4.78, 5) is 0. The topological polar surface area (TPSA) is 30.5 Å². The van der Waals surface area contributed by atoms with Crippen LogP contribution in [-0.4, -0.2) is 26.8 Å². The van der Waals surface area contributed by atoms with Gasteiger partial charge < -0.3 is 14.8 Å². The van der Waals surface area contributed by atoms with Crippen LogP contribution in [0.1, 0.15) is 37.9 Å². The van der Waals surface area contributed by atoms with Gasteiger partial charge in [0.05, 0.1) is 12.7 Å². The van der Waals surface area contributed by atoms with Crippen molar-refractivity contribution in [3.8, 4) is 5.75 Å². The lowest BCUT2D eigenvalue weighted by molar-refractivity contribution is -0.0273. The normalized spacial score (nSPS) is 23.3. The average molecular weight is 263 g/mol. The highest BCUT2D eigenvalue weighted by atomic mass is 16.5. The zero-order valence-electron chi connectivity index (χ0n) is 12.0. The van der Waals surface area contributed by atoms with E-state index in [2.05, 4.69) is 30.4 Å². The molecule has 0 bridgehead atoms. The Bertz CT molecular complexity index is 379. The fraction of sp³-hybridized carbons (Fsp3) is 0.625. The van der Waals surface area contributed by atoms with Crippen LogP contribution in [0, 0.1) is 5.92 Å². The third kappa shape index (κ3) is 3.95. The summed E-state index contributed by atoms with van der Waals surface area (Å²) >= 11 is 0. The molecule has 3 nitrogen and oxygen atoms in total. The molecule has 0 saturated carbocycles. The molecule has 2 rings (SSSR count). The molecule has 2 atom stereocenters. The maximum atomic E-state index is 5.99. The van der Waals surface area contributed by atoms with Crippen LogP contribution < -0.4 is 10.1 Å². The van der Waals surface area contributed by atoms with Gasteiger partial charge in [-0.3, -0.25) is 0 Å². The zero-order valence-corrected chi connectivity index (χ0v) is 12.0. The van der Waals surface area contributed by atoms with E-state index in [0.29, 0.717) is 5.92 Å². The third-order valence-corrected chi connectivity index (χ3v) is 3.57. The maximum Gasteiger partial charge on any atom is 0.119 e. The monoisotopic (exact) mass is 263 g/mol. The molecule has 1 aromatic carbocycles. The summed E-state index contributed by atoms with van der Waals surface area (Å²) in [6.45, 7) is 4.77. The maximum absolute atomic E-state index is 5.99. The summed E-state index contributed by atoms with van der Waals surface area (Å²) in [5, 5.41) is 3.27. The predicted molar refractivity (Wildman–Crippen MR) is 77.6 cm³/mol. The molecule has 0 amide bonds. The summed E-state index contributed by atoms with van der Waals surface area (Å²) in [5.74, 6) is 1.51. The lowest BCUT2D eigenvalue weighted by atomic mass is 9.89. The molecular weight excluding hydrogens is 238 g/mol. The lowest BCUT2D eigenvalue weighted by Gasteiger charge is -2.32. The van der Waals surface area contributed by atoms with E-state index in [0.717, 1.165) is 38.3 Å². The van der Waals surface area contributed by atoms with Crippen molar-refractivity contribution in [2.75, 3.05) is 26.8 Å². The molecule has 1 heterocycles. The largest absolute Gasteiger partial charge is 0.494 e. The molecule has 106 valence electrons. The van der Waals surface area contributed by atoms with Gasteiger partial charge in [-0.05, 0) is 44.0 Å². The fourth-order valence-electron chi connectivity index (χ4n) is 2.68. The van der Waals surface area contributed by atoms with E-state index in [9.17, 15) is 0 Å². The van der Waals surface area contributed by atoms with Crippen LogP contribution in [0.25, 0.3) is 0 Å². The molecule has 1 fully saturated rings. The van der Waals surface area contributed by atoms with Crippen molar-refractivity contribution in [2.45, 2.75) is 32.3 Å². The van der Waals surface area contributed by atoms with Gasteiger partial charge in [-0.2, -0.15) is 0 Å². The highest BCUT2D eigenvalue weighted by Gasteiger charge is 2.27. The highest BCUT2D eigenvalue weighted by molar-refractivity contribution is 5.30. The third-order valence-electron chi connectivity index (χ3n) is 3.57. The first-order valence-corrected chi connectivity index (χ1v) is 7.34. The Labute approximate surface area is 116 Å². The van der Waals surface area contributed by atoms with Crippen molar-refractivity contribution in [1.82, 2.24) is 5.32 Å². The molecule has 2 unspecified atom stereocenters. The molecule has 1 N–H and O–H groups in total. The number of benzene rings is 1. The Kier molecular flexibility index (Phi) is 5.67. The van der Waals surface area contributed by atoms with Gasteiger partial charge >= 0.3 is 0 Å². The van der Waals surface area contributed by atoms with Gasteiger partial charge in [0.15, 0.2) is 0 Å². The number of rotatable bonds is 6. The van der Waals surface area contributed by atoms with Crippen LogP contribution in [0.2, 0.25) is 0 Å². The zero-order chi connectivity index (χ0) is 13.5. The van der Waals surface area contributed by atoms with E-state index in [4.69, 9.17) is 9.47 Å². The van der Waals surface area contributed by atoms with Gasteiger partial charge in [-0.15, -0.1) is 0 Å². The van der Waals surface area contributed by atoms with Gasteiger partial charge in [0, 0.05) is 19.1 Å². The minimum atomic E-state index is 0.200. The van der Waals surface area contributed by atoms with Crippen LogP contribution >= 0.6 is 0 Å². The first kappa shape index (κ1) is 14.4. The molecular formula is C16H25NO2. The summed E-state index contributed by atoms with van der Waals surface area (Å²) in [6, 6.07) is 8.37. The molecule has 0 radical (unpaired) electrons. The lowest BCUT2D eigenvalue weighted by Crippen LogP contribution is -2.30. The first-order valence-electron chi connectivity index (χ1n) is 7.34. The van der Waals surface area contributed by atoms with E-state index >= 15 is 0 Å². The fourth-order valence-corrected chi connectivity index (χ4v) is 2.68. The minimum absolute atomic E-state index is 0.200. The van der Waals surface area contributed by atoms with Crippen molar-refractivity contribution in [3.05, 3.63) is 29.8 Å². The molecule has 0 aliphatic carbocycles. The highest BCUT2D eigenvalue weighted by Crippen LogP contribution is 2.34. The molecule has 0 spiro atoms. The van der Waals surface area contributed by atoms with Crippen LogP contribution in [0.15, 0.2) is 24.3 Å². The minimum Gasteiger partial charge on any atom is -0.494 e. The first-order chi connectivity index (χ1) is 9.35. The Hall–Kier alpha value is -1.06. The summed E-state index contributed by atoms with van der Waals surface area (Å²) < 4.78 is 11.7. The Balaban J connectivity index is 2.09. The van der Waals surface area contributed by atoms with E-state index in [1.807, 2.05) is 13.1 Å². The molecule has 1 aromatic rings. The summed E-state index contributed by atoms with van der Waals surface area (Å²) in [6.07, 6.45) is 3.62. The van der Waals surface area contributed by atoms with E-state index < -0.39 is 0 Å². The van der Waals surface area contributed by atoms with Gasteiger partial charge in [0.1, 0.15) is 5.75 Å². The van der Waals surface area contributed by atoms with Crippen molar-refractivity contribution in [3.63, 3.8) is 0 Å². The Morgan fingerprint density at radius 1 is 1.42 bits per heavy atom.